The Kier molecular flexibility index (Phi) is 4.75. The van der Waals surface area contributed by atoms with Crippen molar-refractivity contribution in [1.29, 1.82) is 0 Å². The molecule has 1 fully saturated rings. The molecule has 0 aliphatic carbocycles. The van der Waals surface area contributed by atoms with Gasteiger partial charge in [-0.3, -0.25) is 0 Å². The molecule has 3 nitrogen and oxygen atoms in total. The van der Waals surface area contributed by atoms with Crippen LogP contribution in [0.3, 0.4) is 0 Å². The number of anilines is 1. The van der Waals surface area contributed by atoms with Crippen LogP contribution in [0.25, 0.3) is 0 Å². The van der Waals surface area contributed by atoms with Gasteiger partial charge >= 0.3 is 6.18 Å². The maximum atomic E-state index is 13.2. The number of nitrogens with zero attached hydrogens (tertiary/aromatic N) is 2. The van der Waals surface area contributed by atoms with Gasteiger partial charge in [0, 0.05) is 23.8 Å². The second-order valence-corrected chi connectivity index (χ2v) is 6.78. The average molecular weight is 388 g/mol. The van der Waals surface area contributed by atoms with Gasteiger partial charge < -0.3 is 9.64 Å². The van der Waals surface area contributed by atoms with Crippen molar-refractivity contribution < 1.29 is 17.9 Å². The molecule has 0 saturated carbocycles. The third kappa shape index (κ3) is 4.02. The fraction of sp³-hybridized carbons (Fsp3) is 0.615. The Hall–Kier alpha value is -0.530. The van der Waals surface area contributed by atoms with Crippen LogP contribution in [0, 0.1) is 0 Å². The van der Waals surface area contributed by atoms with Crippen molar-refractivity contribution >= 4 is 33.3 Å². The Morgan fingerprint density at radius 1 is 1.52 bits per heavy atom. The third-order valence-corrected chi connectivity index (χ3v) is 3.87. The molecule has 2 rings (SSSR count). The summed E-state index contributed by atoms with van der Waals surface area (Å²) in [6.07, 6.45) is -3.43. The van der Waals surface area contributed by atoms with E-state index < -0.39 is 17.3 Å². The molecule has 1 unspecified atom stereocenters. The Morgan fingerprint density at radius 2 is 2.19 bits per heavy atom. The number of morpholine rings is 1. The second kappa shape index (κ2) is 5.93. The van der Waals surface area contributed by atoms with Crippen molar-refractivity contribution in [3.63, 3.8) is 0 Å². The minimum absolute atomic E-state index is 0.0859. The minimum Gasteiger partial charge on any atom is -0.367 e. The third-order valence-electron chi connectivity index (χ3n) is 3.09. The number of hydrogen-bond donors (Lipinski definition) is 0. The fourth-order valence-electron chi connectivity index (χ4n) is 2.43. The quantitative estimate of drug-likeness (QED) is 0.715. The Morgan fingerprint density at radius 3 is 2.76 bits per heavy atom. The van der Waals surface area contributed by atoms with Crippen LogP contribution in [0.1, 0.15) is 19.4 Å². The molecule has 1 saturated heterocycles. The maximum Gasteiger partial charge on any atom is 0.419 e. The van der Waals surface area contributed by atoms with Gasteiger partial charge in [0.2, 0.25) is 0 Å². The first-order valence-electron chi connectivity index (χ1n) is 6.34. The van der Waals surface area contributed by atoms with E-state index in [-0.39, 0.29) is 24.3 Å². The van der Waals surface area contributed by atoms with Crippen molar-refractivity contribution in [3.05, 3.63) is 22.3 Å². The van der Waals surface area contributed by atoms with Gasteiger partial charge in [0.1, 0.15) is 5.82 Å². The lowest BCUT2D eigenvalue weighted by atomic mass is 10.0. The van der Waals surface area contributed by atoms with Crippen LogP contribution < -0.4 is 4.90 Å². The number of rotatable bonds is 2. The average Bonchev–Trinajstić information content (AvgIpc) is 2.35. The monoisotopic (exact) mass is 386 g/mol. The Bertz CT molecular complexity index is 525. The molecule has 1 aromatic rings. The van der Waals surface area contributed by atoms with Gasteiger partial charge in [-0.1, -0.05) is 0 Å². The molecule has 1 atom stereocenters. The normalized spacial score (nSPS) is 22.4. The van der Waals surface area contributed by atoms with E-state index in [1.54, 1.807) is 4.90 Å². The van der Waals surface area contributed by atoms with Crippen molar-refractivity contribution in [3.8, 4) is 0 Å². The zero-order chi connectivity index (χ0) is 15.8. The highest BCUT2D eigenvalue weighted by atomic mass is 79.9. The van der Waals surface area contributed by atoms with Crippen LogP contribution in [0.15, 0.2) is 16.7 Å². The molecule has 0 spiro atoms. The van der Waals surface area contributed by atoms with Crippen LogP contribution >= 0.6 is 27.5 Å². The molecule has 0 radical (unpaired) electrons. The van der Waals surface area contributed by atoms with Crippen molar-refractivity contribution in [2.45, 2.75) is 31.7 Å². The number of pyridine rings is 1. The van der Waals surface area contributed by atoms with Gasteiger partial charge in [-0.25, -0.2) is 4.98 Å². The molecular formula is C13H15BrClF3N2O. The Labute approximate surface area is 134 Å². The molecule has 1 aromatic heterocycles. The highest BCUT2D eigenvalue weighted by Crippen LogP contribution is 2.38. The molecule has 1 aliphatic rings. The molecule has 0 bridgehead atoms. The lowest BCUT2D eigenvalue weighted by Gasteiger charge is -2.43. The first kappa shape index (κ1) is 16.8. The molecule has 0 aromatic carbocycles. The SMILES string of the molecule is CC1(C)CN(c2ncc(Br)cc2C(F)(F)F)CC(CCl)O1. The van der Waals surface area contributed by atoms with E-state index in [0.29, 0.717) is 11.0 Å². The summed E-state index contributed by atoms with van der Waals surface area (Å²) in [7, 11) is 0. The first-order valence-corrected chi connectivity index (χ1v) is 7.66. The predicted octanol–water partition coefficient (Wildman–Crippen LogP) is 4.09. The van der Waals surface area contributed by atoms with E-state index in [2.05, 4.69) is 20.9 Å². The smallest absolute Gasteiger partial charge is 0.367 e. The zero-order valence-corrected chi connectivity index (χ0v) is 13.9. The maximum absolute atomic E-state index is 13.2. The summed E-state index contributed by atoms with van der Waals surface area (Å²) in [6, 6.07) is 1.04. The van der Waals surface area contributed by atoms with E-state index >= 15 is 0 Å². The number of hydrogen-bond acceptors (Lipinski definition) is 3. The van der Waals surface area contributed by atoms with Crippen LogP contribution in [0.2, 0.25) is 0 Å². The second-order valence-electron chi connectivity index (χ2n) is 5.56. The van der Waals surface area contributed by atoms with Crippen LogP contribution in [-0.2, 0) is 10.9 Å². The topological polar surface area (TPSA) is 25.4 Å². The van der Waals surface area contributed by atoms with E-state index in [1.807, 2.05) is 13.8 Å². The largest absolute Gasteiger partial charge is 0.419 e. The summed E-state index contributed by atoms with van der Waals surface area (Å²) in [5.74, 6) is 0.134. The molecule has 1 aliphatic heterocycles. The molecule has 0 amide bonds. The van der Waals surface area contributed by atoms with Crippen LogP contribution in [-0.4, -0.2) is 35.7 Å². The lowest BCUT2D eigenvalue weighted by Crippen LogP contribution is -2.54. The molecule has 21 heavy (non-hydrogen) atoms. The number of ether oxygens (including phenoxy) is 1. The van der Waals surface area contributed by atoms with Crippen molar-refractivity contribution in [1.82, 2.24) is 4.98 Å². The summed E-state index contributed by atoms with van der Waals surface area (Å²) in [5.41, 5.74) is -1.35. The van der Waals surface area contributed by atoms with Crippen LogP contribution in [0.5, 0.6) is 0 Å². The standard InChI is InChI=1S/C13H15BrClF3N2O/c1-12(2)7-20(6-9(4-15)21-12)11-10(13(16,17)18)3-8(14)5-19-11/h3,5,9H,4,6-7H2,1-2H3. The van der Waals surface area contributed by atoms with Gasteiger partial charge in [-0.15, -0.1) is 11.6 Å². The summed E-state index contributed by atoms with van der Waals surface area (Å²) in [4.78, 5) is 5.55. The summed E-state index contributed by atoms with van der Waals surface area (Å²) in [6.45, 7) is 4.25. The molecule has 8 heteroatoms. The summed E-state index contributed by atoms with van der Waals surface area (Å²) in [5, 5.41) is 0. The highest BCUT2D eigenvalue weighted by molar-refractivity contribution is 9.10. The summed E-state index contributed by atoms with van der Waals surface area (Å²) < 4.78 is 45.7. The number of aromatic nitrogens is 1. The van der Waals surface area contributed by atoms with Gasteiger partial charge in [0.25, 0.3) is 0 Å². The number of halogens is 5. The van der Waals surface area contributed by atoms with Gasteiger partial charge in [0.05, 0.1) is 23.1 Å². The molecule has 2 heterocycles. The molecular weight excluding hydrogens is 373 g/mol. The van der Waals surface area contributed by atoms with Crippen molar-refractivity contribution in [2.75, 3.05) is 23.9 Å². The number of alkyl halides is 4. The van der Waals surface area contributed by atoms with E-state index in [9.17, 15) is 13.2 Å². The molecule has 0 N–H and O–H groups in total. The molecule has 118 valence electrons. The van der Waals surface area contributed by atoms with Crippen molar-refractivity contribution in [2.24, 2.45) is 0 Å². The van der Waals surface area contributed by atoms with Gasteiger partial charge in [-0.2, -0.15) is 13.2 Å². The predicted molar refractivity (Wildman–Crippen MR) is 78.8 cm³/mol. The van der Waals surface area contributed by atoms with Crippen LogP contribution in [0.4, 0.5) is 19.0 Å². The van der Waals surface area contributed by atoms with E-state index in [0.717, 1.165) is 6.07 Å². The van der Waals surface area contributed by atoms with E-state index in [1.165, 1.54) is 6.20 Å². The van der Waals surface area contributed by atoms with Gasteiger partial charge in [0.15, 0.2) is 0 Å². The first-order chi connectivity index (χ1) is 9.62. The van der Waals surface area contributed by atoms with Gasteiger partial charge in [-0.05, 0) is 35.8 Å². The highest BCUT2D eigenvalue weighted by Gasteiger charge is 2.40. The summed E-state index contributed by atoms with van der Waals surface area (Å²) >= 11 is 8.85. The lowest BCUT2D eigenvalue weighted by molar-refractivity contribution is -0.137. The van der Waals surface area contributed by atoms with E-state index in [4.69, 9.17) is 16.3 Å². The fourth-order valence-corrected chi connectivity index (χ4v) is 2.92. The zero-order valence-electron chi connectivity index (χ0n) is 11.5. The Balaban J connectivity index is 2.41. The minimum atomic E-state index is -4.47.